The first-order valence-electron chi connectivity index (χ1n) is 6.03. The van der Waals surface area contributed by atoms with E-state index in [0.29, 0.717) is 13.2 Å². The fourth-order valence-electron chi connectivity index (χ4n) is 1.52. The Bertz CT molecular complexity index is 513. The molecule has 21 heavy (non-hydrogen) atoms. The molecule has 0 saturated carbocycles. The lowest BCUT2D eigenvalue weighted by Crippen LogP contribution is -2.36. The first-order valence-corrected chi connectivity index (χ1v) is 6.79. The second kappa shape index (κ2) is 8.76. The smallest absolute Gasteiger partial charge is 0.307 e. The third-order valence-electron chi connectivity index (χ3n) is 2.62. The summed E-state index contributed by atoms with van der Waals surface area (Å²) >= 11 is 11.6. The van der Waals surface area contributed by atoms with Crippen LogP contribution < -0.4 is 0 Å². The number of hydrogen-bond acceptors (Lipinski definition) is 6. The van der Waals surface area contributed by atoms with Crippen molar-refractivity contribution in [2.24, 2.45) is 0 Å². The van der Waals surface area contributed by atoms with Crippen LogP contribution in [0, 0.1) is 0 Å². The summed E-state index contributed by atoms with van der Waals surface area (Å²) in [5.74, 6) is -0.819. The van der Waals surface area contributed by atoms with Crippen molar-refractivity contribution >= 4 is 35.1 Å². The van der Waals surface area contributed by atoms with E-state index in [1.165, 1.54) is 25.2 Å². The molecule has 116 valence electrons. The molecule has 0 saturated heterocycles. The van der Waals surface area contributed by atoms with E-state index in [2.05, 4.69) is 14.9 Å². The van der Waals surface area contributed by atoms with E-state index in [4.69, 9.17) is 27.9 Å². The molecule has 9 heteroatoms. The minimum absolute atomic E-state index is 0.0510. The number of halogens is 2. The molecular weight excluding hydrogens is 321 g/mol. The third kappa shape index (κ3) is 5.45. The summed E-state index contributed by atoms with van der Waals surface area (Å²) < 4.78 is 9.50. The highest BCUT2D eigenvalue weighted by Crippen LogP contribution is 2.17. The van der Waals surface area contributed by atoms with Crippen molar-refractivity contribution < 1.29 is 19.1 Å². The molecular formula is C12H15Cl2N3O4. The maximum absolute atomic E-state index is 12.4. The summed E-state index contributed by atoms with van der Waals surface area (Å²) in [6.07, 6.45) is 0.0653. The second-order valence-electron chi connectivity index (χ2n) is 3.98. The highest BCUT2D eigenvalue weighted by molar-refractivity contribution is 6.34. The maximum atomic E-state index is 12.4. The number of hydrogen-bond donors (Lipinski definition) is 0. The Labute approximate surface area is 132 Å². The molecule has 0 spiro atoms. The van der Waals surface area contributed by atoms with Crippen LogP contribution in [0.15, 0.2) is 6.07 Å². The Hall–Kier alpha value is -1.44. The topological polar surface area (TPSA) is 81.6 Å². The van der Waals surface area contributed by atoms with Crippen molar-refractivity contribution in [3.8, 4) is 0 Å². The number of ether oxygens (including phenoxy) is 2. The third-order valence-corrected chi connectivity index (χ3v) is 3.08. The Kier molecular flexibility index (Phi) is 7.35. The minimum atomic E-state index is -0.415. The van der Waals surface area contributed by atoms with E-state index in [0.717, 1.165) is 0 Å². The zero-order chi connectivity index (χ0) is 15.8. The molecule has 1 aromatic heterocycles. The number of amides is 1. The van der Waals surface area contributed by atoms with Gasteiger partial charge in [0.2, 0.25) is 0 Å². The van der Waals surface area contributed by atoms with Gasteiger partial charge in [0.05, 0.1) is 25.7 Å². The normalized spacial score (nSPS) is 10.3. The minimum Gasteiger partial charge on any atom is -0.469 e. The molecule has 0 unspecified atom stereocenters. The largest absolute Gasteiger partial charge is 0.469 e. The SMILES string of the molecule is COCCN(CCC(=O)OC)C(=O)c1cc(Cl)nnc1Cl. The molecule has 1 aromatic rings. The molecule has 1 heterocycles. The van der Waals surface area contributed by atoms with Gasteiger partial charge in [-0.3, -0.25) is 9.59 Å². The molecule has 1 amide bonds. The van der Waals surface area contributed by atoms with E-state index in [1.54, 1.807) is 0 Å². The summed E-state index contributed by atoms with van der Waals surface area (Å²) in [7, 11) is 2.80. The Balaban J connectivity index is 2.87. The van der Waals surface area contributed by atoms with Gasteiger partial charge in [0.25, 0.3) is 5.91 Å². The summed E-state index contributed by atoms with van der Waals surface area (Å²) in [6, 6.07) is 1.33. The van der Waals surface area contributed by atoms with Crippen LogP contribution in [0.25, 0.3) is 0 Å². The predicted molar refractivity (Wildman–Crippen MR) is 76.5 cm³/mol. The molecule has 0 radical (unpaired) electrons. The zero-order valence-corrected chi connectivity index (χ0v) is 13.1. The predicted octanol–water partition coefficient (Wildman–Crippen LogP) is 1.44. The van der Waals surface area contributed by atoms with Gasteiger partial charge in [-0.25, -0.2) is 0 Å². The zero-order valence-electron chi connectivity index (χ0n) is 11.6. The second-order valence-corrected chi connectivity index (χ2v) is 4.73. The number of rotatable bonds is 7. The van der Waals surface area contributed by atoms with Gasteiger partial charge in [-0.1, -0.05) is 23.2 Å². The summed E-state index contributed by atoms with van der Waals surface area (Å²) in [5.41, 5.74) is 0.123. The molecule has 0 bridgehead atoms. The van der Waals surface area contributed by atoms with Gasteiger partial charge in [0.15, 0.2) is 10.3 Å². The van der Waals surface area contributed by atoms with Gasteiger partial charge in [-0.05, 0) is 6.07 Å². The number of aromatic nitrogens is 2. The first-order chi connectivity index (χ1) is 9.99. The van der Waals surface area contributed by atoms with Crippen LogP contribution >= 0.6 is 23.2 Å². The van der Waals surface area contributed by atoms with Gasteiger partial charge in [-0.15, -0.1) is 10.2 Å². The Morgan fingerprint density at radius 3 is 2.57 bits per heavy atom. The van der Waals surface area contributed by atoms with E-state index in [-0.39, 0.29) is 28.8 Å². The van der Waals surface area contributed by atoms with Crippen molar-refractivity contribution in [1.82, 2.24) is 15.1 Å². The average Bonchev–Trinajstić information content (AvgIpc) is 2.48. The maximum Gasteiger partial charge on any atom is 0.307 e. The number of carbonyl (C=O) groups excluding carboxylic acids is 2. The van der Waals surface area contributed by atoms with Gasteiger partial charge < -0.3 is 14.4 Å². The highest BCUT2D eigenvalue weighted by Gasteiger charge is 2.21. The summed E-state index contributed by atoms with van der Waals surface area (Å²) in [6.45, 7) is 0.782. The van der Waals surface area contributed by atoms with Gasteiger partial charge in [0, 0.05) is 20.2 Å². The van der Waals surface area contributed by atoms with Crippen LogP contribution in [-0.2, 0) is 14.3 Å². The molecule has 0 aliphatic carbocycles. The van der Waals surface area contributed by atoms with E-state index >= 15 is 0 Å². The number of esters is 1. The van der Waals surface area contributed by atoms with Crippen LogP contribution in [0.2, 0.25) is 10.3 Å². The van der Waals surface area contributed by atoms with E-state index < -0.39 is 11.9 Å². The fourth-order valence-corrected chi connectivity index (χ4v) is 1.84. The van der Waals surface area contributed by atoms with Crippen LogP contribution in [0.4, 0.5) is 0 Å². The molecule has 1 rings (SSSR count). The number of nitrogens with zero attached hydrogens (tertiary/aromatic N) is 3. The standard InChI is InChI=1S/C12H15Cl2N3O4/c1-20-6-5-17(4-3-10(18)21-2)12(19)8-7-9(13)15-16-11(8)14/h7H,3-6H2,1-2H3. The van der Waals surface area contributed by atoms with Gasteiger partial charge in [0.1, 0.15) is 0 Å². The lowest BCUT2D eigenvalue weighted by Gasteiger charge is -2.22. The molecule has 0 aliphatic rings. The summed E-state index contributed by atoms with van der Waals surface area (Å²) in [4.78, 5) is 25.1. The molecule has 0 atom stereocenters. The quantitative estimate of drug-likeness (QED) is 0.701. The molecule has 0 aromatic carbocycles. The number of carbonyl (C=O) groups is 2. The van der Waals surface area contributed by atoms with Crippen molar-refractivity contribution in [2.45, 2.75) is 6.42 Å². The van der Waals surface area contributed by atoms with Crippen LogP contribution in [0.5, 0.6) is 0 Å². The van der Waals surface area contributed by atoms with E-state index in [9.17, 15) is 9.59 Å². The molecule has 0 N–H and O–H groups in total. The van der Waals surface area contributed by atoms with Gasteiger partial charge >= 0.3 is 5.97 Å². The molecule has 0 aliphatic heterocycles. The van der Waals surface area contributed by atoms with Crippen molar-refractivity contribution in [2.75, 3.05) is 33.9 Å². The van der Waals surface area contributed by atoms with Crippen LogP contribution in [-0.4, -0.2) is 60.9 Å². The first kappa shape index (κ1) is 17.6. The highest BCUT2D eigenvalue weighted by atomic mass is 35.5. The molecule has 7 nitrogen and oxygen atoms in total. The van der Waals surface area contributed by atoms with Crippen LogP contribution in [0.3, 0.4) is 0 Å². The lowest BCUT2D eigenvalue weighted by atomic mass is 10.2. The van der Waals surface area contributed by atoms with Crippen molar-refractivity contribution in [3.63, 3.8) is 0 Å². The Morgan fingerprint density at radius 1 is 1.24 bits per heavy atom. The van der Waals surface area contributed by atoms with Crippen LogP contribution in [0.1, 0.15) is 16.8 Å². The van der Waals surface area contributed by atoms with Gasteiger partial charge in [-0.2, -0.15) is 0 Å². The Morgan fingerprint density at radius 2 is 1.95 bits per heavy atom. The lowest BCUT2D eigenvalue weighted by molar-refractivity contribution is -0.140. The summed E-state index contributed by atoms with van der Waals surface area (Å²) in [5, 5.41) is 7.14. The van der Waals surface area contributed by atoms with Crippen molar-refractivity contribution in [3.05, 3.63) is 21.9 Å². The fraction of sp³-hybridized carbons (Fsp3) is 0.500. The molecule has 0 fully saturated rings. The average molecular weight is 336 g/mol. The monoisotopic (exact) mass is 335 g/mol. The van der Waals surface area contributed by atoms with Crippen molar-refractivity contribution in [1.29, 1.82) is 0 Å². The van der Waals surface area contributed by atoms with E-state index in [1.807, 2.05) is 0 Å². The number of methoxy groups -OCH3 is 2.